The Labute approximate surface area is 150 Å². The van der Waals surface area contributed by atoms with Gasteiger partial charge in [-0.25, -0.2) is 14.4 Å². The molecule has 4 rings (SSSR count). The molecule has 0 spiro atoms. The minimum absolute atomic E-state index is 0.115. The van der Waals surface area contributed by atoms with Crippen molar-refractivity contribution in [3.05, 3.63) is 47.7 Å². The monoisotopic (exact) mass is 353 g/mol. The number of halogens is 1. The van der Waals surface area contributed by atoms with Crippen LogP contribution < -0.4 is 11.1 Å². The zero-order valence-corrected chi connectivity index (χ0v) is 14.5. The van der Waals surface area contributed by atoms with Crippen LogP contribution in [0, 0.1) is 5.82 Å². The average molecular weight is 353 g/mol. The molecule has 2 aromatic heterocycles. The van der Waals surface area contributed by atoms with Gasteiger partial charge in [0.05, 0.1) is 5.56 Å². The first kappa shape index (κ1) is 16.6. The average Bonchev–Trinajstić information content (AvgIpc) is 2.93. The lowest BCUT2D eigenvalue weighted by Crippen LogP contribution is -2.12. The summed E-state index contributed by atoms with van der Waals surface area (Å²) in [4.78, 5) is 12.6. The molecule has 1 unspecified atom stereocenters. The predicted octanol–water partition coefficient (Wildman–Crippen LogP) is 2.88. The van der Waals surface area contributed by atoms with Gasteiger partial charge in [0, 0.05) is 25.4 Å². The quantitative estimate of drug-likeness (QED) is 0.703. The Bertz CT molecular complexity index is 937. The number of rotatable bonds is 3. The second kappa shape index (κ2) is 6.80. The summed E-state index contributed by atoms with van der Waals surface area (Å²) < 4.78 is 16.8. The molecular weight excluding hydrogens is 333 g/mol. The lowest BCUT2D eigenvalue weighted by atomic mass is 9.96. The van der Waals surface area contributed by atoms with Crippen LogP contribution in [0.2, 0.25) is 0 Å². The van der Waals surface area contributed by atoms with E-state index in [1.807, 2.05) is 13.1 Å². The molecule has 0 fully saturated rings. The van der Waals surface area contributed by atoms with E-state index < -0.39 is 0 Å². The molecular formula is C18H20FN7. The van der Waals surface area contributed by atoms with E-state index in [1.54, 1.807) is 23.0 Å². The number of anilines is 2. The molecule has 26 heavy (non-hydrogen) atoms. The standard InChI is InChI=1S/C18H20FN7/c1-26-9-8-15(25-26)23-18-22-10-21-17(24-18)13-7-6-11-12(16(13)19)4-2-3-5-14(11)20/h6-10,14H,2-5,20H2,1H3,(H,21,22,23,24,25). The fourth-order valence-corrected chi connectivity index (χ4v) is 3.31. The molecule has 8 heteroatoms. The third-order valence-electron chi connectivity index (χ3n) is 4.64. The van der Waals surface area contributed by atoms with Gasteiger partial charge >= 0.3 is 0 Å². The first-order chi connectivity index (χ1) is 12.6. The predicted molar refractivity (Wildman–Crippen MR) is 96.2 cm³/mol. The molecule has 0 amide bonds. The molecule has 0 bridgehead atoms. The summed E-state index contributed by atoms with van der Waals surface area (Å²) in [6.45, 7) is 0. The molecule has 0 aliphatic heterocycles. The highest BCUT2D eigenvalue weighted by Crippen LogP contribution is 2.33. The second-order valence-corrected chi connectivity index (χ2v) is 6.48. The first-order valence-corrected chi connectivity index (χ1v) is 8.65. The molecule has 3 N–H and O–H groups in total. The van der Waals surface area contributed by atoms with Crippen molar-refractivity contribution in [2.75, 3.05) is 5.32 Å². The van der Waals surface area contributed by atoms with Gasteiger partial charge in [0.15, 0.2) is 11.6 Å². The molecule has 2 heterocycles. The Morgan fingerprint density at radius 1 is 1.23 bits per heavy atom. The Kier molecular flexibility index (Phi) is 4.34. The van der Waals surface area contributed by atoms with Crippen molar-refractivity contribution in [2.45, 2.75) is 31.7 Å². The Morgan fingerprint density at radius 2 is 2.12 bits per heavy atom. The summed E-state index contributed by atoms with van der Waals surface area (Å²) in [6, 6.07) is 5.29. The first-order valence-electron chi connectivity index (χ1n) is 8.65. The lowest BCUT2D eigenvalue weighted by Gasteiger charge is -2.15. The van der Waals surface area contributed by atoms with Gasteiger partial charge in [0.2, 0.25) is 5.95 Å². The number of nitrogens with zero attached hydrogens (tertiary/aromatic N) is 5. The van der Waals surface area contributed by atoms with Gasteiger partial charge < -0.3 is 11.1 Å². The van der Waals surface area contributed by atoms with Gasteiger partial charge in [-0.05, 0) is 36.5 Å². The van der Waals surface area contributed by atoms with Crippen LogP contribution in [0.3, 0.4) is 0 Å². The van der Waals surface area contributed by atoms with Crippen molar-refractivity contribution < 1.29 is 4.39 Å². The second-order valence-electron chi connectivity index (χ2n) is 6.48. The van der Waals surface area contributed by atoms with E-state index in [4.69, 9.17) is 5.73 Å². The number of nitrogens with two attached hydrogens (primary N) is 1. The summed E-state index contributed by atoms with van der Waals surface area (Å²) in [5, 5.41) is 7.22. The minimum atomic E-state index is -0.283. The fraction of sp³-hybridized carbons (Fsp3) is 0.333. The van der Waals surface area contributed by atoms with Gasteiger partial charge in [-0.3, -0.25) is 4.68 Å². The van der Waals surface area contributed by atoms with Gasteiger partial charge in [0.25, 0.3) is 0 Å². The van der Waals surface area contributed by atoms with Gasteiger partial charge in [0.1, 0.15) is 12.1 Å². The van der Waals surface area contributed by atoms with Crippen LogP contribution in [0.25, 0.3) is 11.4 Å². The van der Waals surface area contributed by atoms with E-state index in [2.05, 4.69) is 25.4 Å². The van der Waals surface area contributed by atoms with Crippen molar-refractivity contribution in [1.29, 1.82) is 0 Å². The van der Waals surface area contributed by atoms with Crippen LogP contribution in [0.5, 0.6) is 0 Å². The number of hydrogen-bond donors (Lipinski definition) is 2. The van der Waals surface area contributed by atoms with Crippen molar-refractivity contribution >= 4 is 11.8 Å². The SMILES string of the molecule is Cn1ccc(Nc2ncnc(-c3ccc4c(c3F)CCCCC4N)n2)n1. The fourth-order valence-electron chi connectivity index (χ4n) is 3.31. The molecule has 1 aromatic carbocycles. The van der Waals surface area contributed by atoms with Gasteiger partial charge in [-0.15, -0.1) is 0 Å². The molecule has 1 aliphatic carbocycles. The van der Waals surface area contributed by atoms with Crippen molar-refractivity contribution in [3.8, 4) is 11.4 Å². The number of nitrogens with one attached hydrogen (secondary N) is 1. The highest BCUT2D eigenvalue weighted by Gasteiger charge is 2.22. The van der Waals surface area contributed by atoms with Crippen LogP contribution in [-0.4, -0.2) is 24.7 Å². The summed E-state index contributed by atoms with van der Waals surface area (Å²) in [5.41, 5.74) is 8.13. The Hall–Kier alpha value is -2.87. The molecule has 0 saturated carbocycles. The van der Waals surface area contributed by atoms with E-state index in [-0.39, 0.29) is 17.7 Å². The molecule has 7 nitrogen and oxygen atoms in total. The van der Waals surface area contributed by atoms with Crippen molar-refractivity contribution in [1.82, 2.24) is 24.7 Å². The normalized spacial score (nSPS) is 16.8. The third kappa shape index (κ3) is 3.15. The van der Waals surface area contributed by atoms with Crippen LogP contribution in [0.15, 0.2) is 30.7 Å². The van der Waals surface area contributed by atoms with Crippen LogP contribution in [-0.2, 0) is 13.5 Å². The minimum Gasteiger partial charge on any atom is -0.324 e. The zero-order chi connectivity index (χ0) is 18.1. The van der Waals surface area contributed by atoms with Crippen molar-refractivity contribution in [2.24, 2.45) is 12.8 Å². The van der Waals surface area contributed by atoms with Crippen LogP contribution in [0.4, 0.5) is 16.2 Å². The highest BCUT2D eigenvalue weighted by atomic mass is 19.1. The molecule has 134 valence electrons. The smallest absolute Gasteiger partial charge is 0.231 e. The van der Waals surface area contributed by atoms with Crippen LogP contribution in [0.1, 0.15) is 36.4 Å². The number of aryl methyl sites for hydroxylation is 1. The maximum absolute atomic E-state index is 15.2. The molecule has 0 radical (unpaired) electrons. The maximum atomic E-state index is 15.2. The topological polar surface area (TPSA) is 94.5 Å². The lowest BCUT2D eigenvalue weighted by molar-refractivity contribution is 0.606. The summed E-state index contributed by atoms with van der Waals surface area (Å²) >= 11 is 0. The number of aromatic nitrogens is 5. The summed E-state index contributed by atoms with van der Waals surface area (Å²) in [6.07, 6.45) is 6.69. The summed E-state index contributed by atoms with van der Waals surface area (Å²) in [5.74, 6) is 0.934. The zero-order valence-electron chi connectivity index (χ0n) is 14.5. The molecule has 3 aromatic rings. The highest BCUT2D eigenvalue weighted by molar-refractivity contribution is 5.61. The number of fused-ring (bicyclic) bond motifs is 1. The number of benzene rings is 1. The Balaban J connectivity index is 1.69. The van der Waals surface area contributed by atoms with E-state index in [9.17, 15) is 0 Å². The van der Waals surface area contributed by atoms with Crippen LogP contribution >= 0.6 is 0 Å². The van der Waals surface area contributed by atoms with Gasteiger partial charge in [-0.1, -0.05) is 12.5 Å². The van der Waals surface area contributed by atoms with E-state index in [0.29, 0.717) is 29.3 Å². The van der Waals surface area contributed by atoms with Crippen molar-refractivity contribution in [3.63, 3.8) is 0 Å². The number of hydrogen-bond acceptors (Lipinski definition) is 6. The summed E-state index contributed by atoms with van der Waals surface area (Å²) in [7, 11) is 1.82. The third-order valence-corrected chi connectivity index (χ3v) is 4.64. The molecule has 1 aliphatic rings. The van der Waals surface area contributed by atoms with E-state index >= 15 is 4.39 Å². The Morgan fingerprint density at radius 3 is 2.92 bits per heavy atom. The molecule has 1 atom stereocenters. The molecule has 0 saturated heterocycles. The van der Waals surface area contributed by atoms with Gasteiger partial charge in [-0.2, -0.15) is 10.1 Å². The maximum Gasteiger partial charge on any atom is 0.231 e. The van der Waals surface area contributed by atoms with E-state index in [1.165, 1.54) is 6.33 Å². The van der Waals surface area contributed by atoms with E-state index in [0.717, 1.165) is 24.8 Å². The largest absolute Gasteiger partial charge is 0.324 e.